The van der Waals surface area contributed by atoms with Gasteiger partial charge >= 0.3 is 0 Å². The minimum absolute atomic E-state index is 0.766. The third-order valence-corrected chi connectivity index (χ3v) is 4.78. The zero-order valence-electron chi connectivity index (χ0n) is 13.3. The largest absolute Gasteiger partial charge is 0.314 e. The third-order valence-electron chi connectivity index (χ3n) is 4.78. The van der Waals surface area contributed by atoms with E-state index in [4.69, 9.17) is 0 Å². The van der Waals surface area contributed by atoms with Gasteiger partial charge in [0.15, 0.2) is 0 Å². The van der Waals surface area contributed by atoms with Crippen molar-refractivity contribution in [3.63, 3.8) is 0 Å². The van der Waals surface area contributed by atoms with Crippen LogP contribution < -0.4 is 5.32 Å². The molecule has 0 saturated heterocycles. The Morgan fingerprint density at radius 2 is 2.20 bits per heavy atom. The monoisotopic (exact) mass is 277 g/mol. The van der Waals surface area contributed by atoms with Crippen LogP contribution in [-0.4, -0.2) is 22.8 Å². The van der Waals surface area contributed by atoms with Crippen molar-refractivity contribution < 1.29 is 0 Å². The lowest BCUT2D eigenvalue weighted by atomic mass is 9.95. The Hall–Kier alpha value is -0.830. The molecule has 20 heavy (non-hydrogen) atoms. The Balaban J connectivity index is 1.61. The first-order valence-electron chi connectivity index (χ1n) is 8.51. The average molecular weight is 277 g/mol. The number of aryl methyl sites for hydroxylation is 2. The molecule has 3 heteroatoms. The SMILES string of the molecule is CCCC1CCCC(NCCCc2cn[nH]c2C)CC1. The molecule has 0 spiro atoms. The second-order valence-corrected chi connectivity index (χ2v) is 6.44. The number of hydrogen-bond acceptors (Lipinski definition) is 2. The molecule has 0 aromatic carbocycles. The maximum atomic E-state index is 4.08. The minimum Gasteiger partial charge on any atom is -0.314 e. The number of aromatic amines is 1. The van der Waals surface area contributed by atoms with Gasteiger partial charge in [-0.05, 0) is 57.1 Å². The Bertz CT molecular complexity index is 372. The van der Waals surface area contributed by atoms with Crippen molar-refractivity contribution in [2.75, 3.05) is 6.54 Å². The first kappa shape index (κ1) is 15.6. The quantitative estimate of drug-likeness (QED) is 0.584. The highest BCUT2D eigenvalue weighted by atomic mass is 15.1. The summed E-state index contributed by atoms with van der Waals surface area (Å²) in [5, 5.41) is 10.9. The van der Waals surface area contributed by atoms with E-state index in [0.29, 0.717) is 0 Å². The molecule has 3 nitrogen and oxygen atoms in total. The van der Waals surface area contributed by atoms with E-state index in [-0.39, 0.29) is 0 Å². The molecule has 2 N–H and O–H groups in total. The lowest BCUT2D eigenvalue weighted by molar-refractivity contribution is 0.409. The topological polar surface area (TPSA) is 40.7 Å². The van der Waals surface area contributed by atoms with E-state index in [1.807, 2.05) is 6.20 Å². The molecule has 1 aliphatic rings. The van der Waals surface area contributed by atoms with Gasteiger partial charge in [0, 0.05) is 11.7 Å². The van der Waals surface area contributed by atoms with Gasteiger partial charge < -0.3 is 5.32 Å². The van der Waals surface area contributed by atoms with E-state index in [0.717, 1.165) is 24.9 Å². The summed E-state index contributed by atoms with van der Waals surface area (Å²) >= 11 is 0. The molecule has 0 radical (unpaired) electrons. The van der Waals surface area contributed by atoms with Gasteiger partial charge in [0.05, 0.1) is 6.20 Å². The number of nitrogens with one attached hydrogen (secondary N) is 2. The summed E-state index contributed by atoms with van der Waals surface area (Å²) in [5.74, 6) is 1.00. The standard InChI is InChI=1S/C17H31N3/c1-3-6-15-7-4-9-17(11-10-15)18-12-5-8-16-13-19-20-14(16)2/h13,15,17-18H,3-12H2,1-2H3,(H,19,20). The van der Waals surface area contributed by atoms with Crippen molar-refractivity contribution in [3.8, 4) is 0 Å². The second-order valence-electron chi connectivity index (χ2n) is 6.44. The molecule has 1 saturated carbocycles. The van der Waals surface area contributed by atoms with Gasteiger partial charge in [0.25, 0.3) is 0 Å². The van der Waals surface area contributed by atoms with Crippen LogP contribution in [-0.2, 0) is 6.42 Å². The van der Waals surface area contributed by atoms with E-state index >= 15 is 0 Å². The molecule has 2 unspecified atom stereocenters. The molecule has 114 valence electrons. The van der Waals surface area contributed by atoms with Crippen molar-refractivity contribution in [1.29, 1.82) is 0 Å². The molecule has 1 aromatic rings. The summed E-state index contributed by atoms with van der Waals surface area (Å²) in [4.78, 5) is 0. The summed E-state index contributed by atoms with van der Waals surface area (Å²) < 4.78 is 0. The molecule has 1 fully saturated rings. The fourth-order valence-corrected chi connectivity index (χ4v) is 3.49. The fraction of sp³-hybridized carbons (Fsp3) is 0.824. The summed E-state index contributed by atoms with van der Waals surface area (Å²) in [6, 6.07) is 0.766. The van der Waals surface area contributed by atoms with Crippen molar-refractivity contribution in [2.24, 2.45) is 5.92 Å². The van der Waals surface area contributed by atoms with Gasteiger partial charge in [-0.3, -0.25) is 5.10 Å². The van der Waals surface area contributed by atoms with Crippen LogP contribution in [0.2, 0.25) is 0 Å². The van der Waals surface area contributed by atoms with Crippen LogP contribution >= 0.6 is 0 Å². The maximum Gasteiger partial charge on any atom is 0.0522 e. The van der Waals surface area contributed by atoms with Crippen molar-refractivity contribution >= 4 is 0 Å². The minimum atomic E-state index is 0.766. The summed E-state index contributed by atoms with van der Waals surface area (Å²) in [7, 11) is 0. The van der Waals surface area contributed by atoms with Crippen molar-refractivity contribution in [1.82, 2.24) is 15.5 Å². The molecular formula is C17H31N3. The fourth-order valence-electron chi connectivity index (χ4n) is 3.49. The van der Waals surface area contributed by atoms with Crippen LogP contribution in [0.3, 0.4) is 0 Å². The first-order valence-corrected chi connectivity index (χ1v) is 8.51. The Morgan fingerprint density at radius 1 is 1.30 bits per heavy atom. The Morgan fingerprint density at radius 3 is 2.95 bits per heavy atom. The smallest absolute Gasteiger partial charge is 0.0522 e. The number of rotatable bonds is 7. The average Bonchev–Trinajstić information content (AvgIpc) is 2.72. The number of hydrogen-bond donors (Lipinski definition) is 2. The van der Waals surface area contributed by atoms with Crippen molar-refractivity contribution in [2.45, 2.75) is 77.7 Å². The van der Waals surface area contributed by atoms with E-state index in [2.05, 4.69) is 29.4 Å². The van der Waals surface area contributed by atoms with Crippen LogP contribution in [0.1, 0.15) is 69.5 Å². The van der Waals surface area contributed by atoms with Crippen LogP contribution in [0.4, 0.5) is 0 Å². The summed E-state index contributed by atoms with van der Waals surface area (Å²) in [6.07, 6.45) is 14.2. The summed E-state index contributed by atoms with van der Waals surface area (Å²) in [6.45, 7) is 5.57. The van der Waals surface area contributed by atoms with E-state index in [1.54, 1.807) is 0 Å². The highest BCUT2D eigenvalue weighted by Crippen LogP contribution is 2.26. The first-order chi connectivity index (χ1) is 9.79. The van der Waals surface area contributed by atoms with Gasteiger partial charge in [0.1, 0.15) is 0 Å². The molecule has 1 aromatic heterocycles. The molecule has 0 aliphatic heterocycles. The molecule has 0 bridgehead atoms. The normalized spacial score (nSPS) is 23.7. The predicted octanol–water partition coefficient (Wildman–Crippen LogP) is 3.99. The zero-order chi connectivity index (χ0) is 14.2. The van der Waals surface area contributed by atoms with Gasteiger partial charge in [-0.15, -0.1) is 0 Å². The number of nitrogens with zero attached hydrogens (tertiary/aromatic N) is 1. The summed E-state index contributed by atoms with van der Waals surface area (Å²) in [5.41, 5.74) is 2.59. The van der Waals surface area contributed by atoms with Crippen LogP contribution in [0, 0.1) is 12.8 Å². The highest BCUT2D eigenvalue weighted by Gasteiger charge is 2.17. The predicted molar refractivity (Wildman–Crippen MR) is 84.9 cm³/mol. The van der Waals surface area contributed by atoms with Gasteiger partial charge in [-0.25, -0.2) is 0 Å². The number of aromatic nitrogens is 2. The molecule has 1 heterocycles. The van der Waals surface area contributed by atoms with Gasteiger partial charge in [-0.2, -0.15) is 5.10 Å². The van der Waals surface area contributed by atoms with Crippen LogP contribution in [0.15, 0.2) is 6.20 Å². The van der Waals surface area contributed by atoms with Gasteiger partial charge in [-0.1, -0.05) is 32.6 Å². The van der Waals surface area contributed by atoms with E-state index < -0.39 is 0 Å². The lowest BCUT2D eigenvalue weighted by Gasteiger charge is -2.16. The van der Waals surface area contributed by atoms with Crippen LogP contribution in [0.25, 0.3) is 0 Å². The molecule has 0 amide bonds. The lowest BCUT2D eigenvalue weighted by Crippen LogP contribution is -2.29. The molecule has 2 atom stereocenters. The number of H-pyrrole nitrogens is 1. The Kier molecular flexibility index (Phi) is 6.58. The molecule has 1 aliphatic carbocycles. The maximum absolute atomic E-state index is 4.08. The van der Waals surface area contributed by atoms with E-state index in [9.17, 15) is 0 Å². The Labute approximate surface area is 123 Å². The van der Waals surface area contributed by atoms with Crippen molar-refractivity contribution in [3.05, 3.63) is 17.5 Å². The molecule has 2 rings (SSSR count). The second kappa shape index (κ2) is 8.46. The molecular weight excluding hydrogens is 246 g/mol. The van der Waals surface area contributed by atoms with Crippen LogP contribution in [0.5, 0.6) is 0 Å². The van der Waals surface area contributed by atoms with Gasteiger partial charge in [0.2, 0.25) is 0 Å². The highest BCUT2D eigenvalue weighted by molar-refractivity contribution is 5.14. The zero-order valence-corrected chi connectivity index (χ0v) is 13.3. The third kappa shape index (κ3) is 4.93. The van der Waals surface area contributed by atoms with E-state index in [1.165, 1.54) is 62.6 Å².